The van der Waals surface area contributed by atoms with Crippen LogP contribution in [-0.2, 0) is 4.79 Å². The van der Waals surface area contributed by atoms with Gasteiger partial charge >= 0.3 is 0 Å². The molecule has 0 aromatic carbocycles. The van der Waals surface area contributed by atoms with Crippen LogP contribution in [0.2, 0.25) is 0 Å². The van der Waals surface area contributed by atoms with Crippen molar-refractivity contribution in [1.82, 2.24) is 35.1 Å². The van der Waals surface area contributed by atoms with Crippen LogP contribution in [0.1, 0.15) is 19.8 Å². The molecule has 36 heavy (non-hydrogen) atoms. The third-order valence-corrected chi connectivity index (χ3v) is 6.51. The van der Waals surface area contributed by atoms with Gasteiger partial charge in [0.1, 0.15) is 16.7 Å². The lowest BCUT2D eigenvalue weighted by Gasteiger charge is -2.06. The number of H-pyrrole nitrogens is 2. The number of anilines is 1. The second-order valence-corrected chi connectivity index (χ2v) is 9.20. The Morgan fingerprint density at radius 2 is 1.94 bits per heavy atom. The highest BCUT2D eigenvalue weighted by molar-refractivity contribution is 7.13. The number of fused-ring (bicyclic) bond motifs is 2. The number of thiophene rings is 1. The second kappa shape index (κ2) is 8.93. The summed E-state index contributed by atoms with van der Waals surface area (Å²) < 4.78 is 13.6. The van der Waals surface area contributed by atoms with Gasteiger partial charge in [-0.15, -0.1) is 11.3 Å². The minimum atomic E-state index is -0.280. The number of rotatable bonds is 6. The molecule has 0 unspecified atom stereocenters. The standard InChI is InChI=1S/C25H19FN8OS/c1-2-3-20(35)29-14-10-13(11-27-12-14)15-4-5-17-22(30-15)24(34-33-17)25-31-16-8-9-28-23(21(16)32-25)18-6-7-19(26)36-18/h4-12H,2-3H2,1H3,(H,29,35)(H,31,32)(H,33,34). The Kier molecular flexibility index (Phi) is 5.45. The molecule has 11 heteroatoms. The van der Waals surface area contributed by atoms with Crippen molar-refractivity contribution in [2.24, 2.45) is 0 Å². The minimum absolute atomic E-state index is 0.0546. The predicted octanol–water partition coefficient (Wildman–Crippen LogP) is 5.56. The largest absolute Gasteiger partial charge is 0.336 e. The van der Waals surface area contributed by atoms with E-state index in [1.807, 2.05) is 31.2 Å². The number of aromatic nitrogens is 7. The fourth-order valence-electron chi connectivity index (χ4n) is 3.99. The molecule has 0 bridgehead atoms. The minimum Gasteiger partial charge on any atom is -0.336 e. The number of hydrogen-bond acceptors (Lipinski definition) is 7. The first-order valence-corrected chi connectivity index (χ1v) is 12.1. The van der Waals surface area contributed by atoms with E-state index in [4.69, 9.17) is 9.97 Å². The van der Waals surface area contributed by atoms with E-state index in [-0.39, 0.29) is 11.0 Å². The summed E-state index contributed by atoms with van der Waals surface area (Å²) in [6.45, 7) is 1.96. The van der Waals surface area contributed by atoms with E-state index >= 15 is 0 Å². The van der Waals surface area contributed by atoms with Crippen LogP contribution < -0.4 is 5.32 Å². The van der Waals surface area contributed by atoms with E-state index in [1.54, 1.807) is 24.7 Å². The number of carbonyl (C=O) groups is 1. The number of nitrogens with one attached hydrogen (secondary N) is 3. The molecule has 0 aliphatic rings. The van der Waals surface area contributed by atoms with E-state index in [0.717, 1.165) is 34.4 Å². The van der Waals surface area contributed by atoms with Gasteiger partial charge in [0.15, 0.2) is 16.6 Å². The SMILES string of the molecule is CCCC(=O)Nc1cncc(-c2ccc3[nH]nc(-c4nc5c(-c6ccc(F)s6)nccc5[nH]4)c3n2)c1. The maximum Gasteiger partial charge on any atom is 0.224 e. The van der Waals surface area contributed by atoms with Gasteiger partial charge in [-0.2, -0.15) is 9.49 Å². The van der Waals surface area contributed by atoms with Crippen molar-refractivity contribution < 1.29 is 9.18 Å². The lowest BCUT2D eigenvalue weighted by molar-refractivity contribution is -0.116. The lowest BCUT2D eigenvalue weighted by atomic mass is 10.1. The first kappa shape index (κ1) is 22.0. The van der Waals surface area contributed by atoms with Gasteiger partial charge < -0.3 is 10.3 Å². The monoisotopic (exact) mass is 498 g/mol. The normalized spacial score (nSPS) is 11.4. The molecule has 3 N–H and O–H groups in total. The fraction of sp³-hybridized carbons (Fsp3) is 0.120. The molecule has 0 fully saturated rings. The summed E-state index contributed by atoms with van der Waals surface area (Å²) in [4.78, 5) is 34.2. The van der Waals surface area contributed by atoms with E-state index in [0.29, 0.717) is 50.9 Å². The number of hydrogen-bond donors (Lipinski definition) is 3. The van der Waals surface area contributed by atoms with Crippen LogP contribution in [0.25, 0.3) is 55.4 Å². The zero-order chi connectivity index (χ0) is 24.6. The number of halogens is 1. The van der Waals surface area contributed by atoms with Crippen molar-refractivity contribution in [1.29, 1.82) is 0 Å². The van der Waals surface area contributed by atoms with E-state index < -0.39 is 0 Å². The average molecular weight is 499 g/mol. The summed E-state index contributed by atoms with van der Waals surface area (Å²) in [5.74, 6) is 0.465. The van der Waals surface area contributed by atoms with Crippen LogP contribution in [-0.4, -0.2) is 41.0 Å². The predicted molar refractivity (Wildman–Crippen MR) is 137 cm³/mol. The summed E-state index contributed by atoms with van der Waals surface area (Å²) >= 11 is 1.02. The van der Waals surface area contributed by atoms with Gasteiger partial charge in [0.2, 0.25) is 5.91 Å². The quantitative estimate of drug-likeness (QED) is 0.276. The topological polar surface area (TPSA) is 125 Å². The Bertz CT molecular complexity index is 1740. The molecule has 6 rings (SSSR count). The molecule has 0 spiro atoms. The van der Waals surface area contributed by atoms with Crippen molar-refractivity contribution in [2.75, 3.05) is 5.32 Å². The molecule has 0 radical (unpaired) electrons. The van der Waals surface area contributed by atoms with Crippen molar-refractivity contribution in [3.8, 4) is 33.3 Å². The average Bonchev–Trinajstić information content (AvgIpc) is 3.61. The van der Waals surface area contributed by atoms with Crippen molar-refractivity contribution in [2.45, 2.75) is 19.8 Å². The number of nitrogens with zero attached hydrogens (tertiary/aromatic N) is 5. The Hall–Kier alpha value is -4.51. The van der Waals surface area contributed by atoms with Gasteiger partial charge in [-0.25, -0.2) is 9.97 Å². The van der Waals surface area contributed by atoms with Gasteiger partial charge in [-0.3, -0.25) is 19.9 Å². The smallest absolute Gasteiger partial charge is 0.224 e. The summed E-state index contributed by atoms with van der Waals surface area (Å²) in [6, 6.07) is 10.5. The first-order valence-electron chi connectivity index (χ1n) is 11.3. The summed E-state index contributed by atoms with van der Waals surface area (Å²) in [6.07, 6.45) is 6.18. The molecule has 6 aromatic rings. The van der Waals surface area contributed by atoms with Gasteiger partial charge in [-0.05, 0) is 42.8 Å². The number of imidazole rings is 1. The van der Waals surface area contributed by atoms with Crippen LogP contribution in [0.5, 0.6) is 0 Å². The molecule has 0 aliphatic heterocycles. The van der Waals surface area contributed by atoms with Crippen molar-refractivity contribution >= 4 is 45.0 Å². The Balaban J connectivity index is 1.40. The van der Waals surface area contributed by atoms with Crippen LogP contribution in [0.4, 0.5) is 10.1 Å². The third-order valence-electron chi connectivity index (χ3n) is 5.63. The number of pyridine rings is 3. The third kappa shape index (κ3) is 3.99. The Morgan fingerprint density at radius 3 is 2.78 bits per heavy atom. The zero-order valence-corrected chi connectivity index (χ0v) is 19.9. The number of carbonyl (C=O) groups excluding carboxylic acids is 1. The second-order valence-electron chi connectivity index (χ2n) is 8.17. The van der Waals surface area contributed by atoms with E-state index in [2.05, 4.69) is 30.5 Å². The van der Waals surface area contributed by atoms with Gasteiger partial charge in [0, 0.05) is 24.4 Å². The molecular weight excluding hydrogens is 479 g/mol. The summed E-state index contributed by atoms with van der Waals surface area (Å²) in [5, 5.41) is 10.0. The molecule has 0 saturated heterocycles. The maximum absolute atomic E-state index is 13.6. The highest BCUT2D eigenvalue weighted by atomic mass is 32.1. The van der Waals surface area contributed by atoms with Crippen LogP contribution >= 0.6 is 11.3 Å². The van der Waals surface area contributed by atoms with Crippen LogP contribution in [0.3, 0.4) is 0 Å². The van der Waals surface area contributed by atoms with Gasteiger partial charge in [-0.1, -0.05) is 6.92 Å². The number of aromatic amines is 2. The van der Waals surface area contributed by atoms with Crippen LogP contribution in [0.15, 0.2) is 55.0 Å². The molecule has 6 aromatic heterocycles. The molecule has 9 nitrogen and oxygen atoms in total. The van der Waals surface area contributed by atoms with Gasteiger partial charge in [0.05, 0.1) is 33.5 Å². The van der Waals surface area contributed by atoms with Crippen LogP contribution in [0, 0.1) is 5.13 Å². The summed E-state index contributed by atoms with van der Waals surface area (Å²) in [7, 11) is 0. The highest BCUT2D eigenvalue weighted by Crippen LogP contribution is 2.33. The molecule has 1 amide bonds. The Morgan fingerprint density at radius 1 is 1.06 bits per heavy atom. The molecule has 178 valence electrons. The zero-order valence-electron chi connectivity index (χ0n) is 19.0. The molecule has 0 saturated carbocycles. The molecule has 6 heterocycles. The highest BCUT2D eigenvalue weighted by Gasteiger charge is 2.18. The van der Waals surface area contributed by atoms with Gasteiger partial charge in [0.25, 0.3) is 0 Å². The molecule has 0 atom stereocenters. The molecule has 0 aliphatic carbocycles. The lowest BCUT2D eigenvalue weighted by Crippen LogP contribution is -2.10. The van der Waals surface area contributed by atoms with E-state index in [1.165, 1.54) is 6.07 Å². The molecular formula is C25H19FN8OS. The Labute approximate surface area is 207 Å². The van der Waals surface area contributed by atoms with E-state index in [9.17, 15) is 9.18 Å². The fourth-order valence-corrected chi connectivity index (χ4v) is 4.72. The summed E-state index contributed by atoms with van der Waals surface area (Å²) in [5.41, 5.74) is 5.96. The van der Waals surface area contributed by atoms with Crippen molar-refractivity contribution in [3.63, 3.8) is 0 Å². The van der Waals surface area contributed by atoms with Crippen molar-refractivity contribution in [3.05, 3.63) is 60.1 Å². The maximum atomic E-state index is 13.6. The number of amides is 1. The first-order chi connectivity index (χ1) is 17.6.